The maximum Gasteiger partial charge on any atom is 0.0366 e. The predicted molar refractivity (Wildman–Crippen MR) is 80.6 cm³/mol. The van der Waals surface area contributed by atoms with Crippen LogP contribution in [0.5, 0.6) is 0 Å². The van der Waals surface area contributed by atoms with E-state index in [0.717, 1.165) is 13.1 Å². The van der Waals surface area contributed by atoms with Crippen LogP contribution in [0.2, 0.25) is 0 Å². The van der Waals surface area contributed by atoms with E-state index in [9.17, 15) is 0 Å². The van der Waals surface area contributed by atoms with Crippen molar-refractivity contribution in [3.8, 4) is 0 Å². The van der Waals surface area contributed by atoms with Gasteiger partial charge in [-0.1, -0.05) is 17.7 Å². The van der Waals surface area contributed by atoms with E-state index < -0.39 is 0 Å². The van der Waals surface area contributed by atoms with Gasteiger partial charge in [-0.15, -0.1) is 0 Å². The molecule has 0 amide bonds. The third kappa shape index (κ3) is 2.63. The van der Waals surface area contributed by atoms with Crippen LogP contribution in [0, 0.1) is 12.3 Å². The summed E-state index contributed by atoms with van der Waals surface area (Å²) < 4.78 is 0. The lowest BCUT2D eigenvalue weighted by atomic mass is 9.72. The number of nitrogens with zero attached hydrogens (tertiary/aromatic N) is 2. The monoisotopic (exact) mass is 259 g/mol. The molecule has 1 aromatic carbocycles. The third-order valence-corrected chi connectivity index (χ3v) is 4.79. The molecule has 3 heteroatoms. The number of rotatable bonds is 3. The summed E-state index contributed by atoms with van der Waals surface area (Å²) in [4.78, 5) is 5.04. The van der Waals surface area contributed by atoms with Crippen molar-refractivity contribution in [1.29, 1.82) is 0 Å². The molecule has 2 aliphatic heterocycles. The van der Waals surface area contributed by atoms with Crippen LogP contribution in [0.4, 0.5) is 5.69 Å². The van der Waals surface area contributed by atoms with Gasteiger partial charge in [-0.3, -0.25) is 0 Å². The Labute approximate surface area is 116 Å². The summed E-state index contributed by atoms with van der Waals surface area (Å²) >= 11 is 0. The van der Waals surface area contributed by atoms with Crippen molar-refractivity contribution >= 4 is 5.69 Å². The van der Waals surface area contributed by atoms with Crippen LogP contribution in [-0.2, 0) is 0 Å². The summed E-state index contributed by atoms with van der Waals surface area (Å²) in [6.45, 7) is 8.97. The van der Waals surface area contributed by atoms with E-state index in [2.05, 4.69) is 41.0 Å². The van der Waals surface area contributed by atoms with Crippen LogP contribution in [-0.4, -0.2) is 44.2 Å². The van der Waals surface area contributed by atoms with Crippen LogP contribution in [0.15, 0.2) is 24.3 Å². The fraction of sp³-hybridized carbons (Fsp3) is 0.625. The zero-order chi connectivity index (χ0) is 13.3. The second kappa shape index (κ2) is 5.14. The SMILES string of the molecule is Cc1ccc(N2CCC3(CC2)CN(CCN)C3)cc1. The molecule has 2 N–H and O–H groups in total. The summed E-state index contributed by atoms with van der Waals surface area (Å²) in [7, 11) is 0. The van der Waals surface area contributed by atoms with Gasteiger partial charge < -0.3 is 15.5 Å². The highest BCUT2D eigenvalue weighted by Crippen LogP contribution is 2.40. The number of benzene rings is 1. The molecule has 1 spiro atoms. The standard InChI is InChI=1S/C16H25N3/c1-14-2-4-15(5-3-14)19-9-6-16(7-10-19)12-18(13-16)11-8-17/h2-5H,6-13,17H2,1H3. The Morgan fingerprint density at radius 3 is 2.32 bits per heavy atom. The van der Waals surface area contributed by atoms with Crippen LogP contribution in [0.1, 0.15) is 18.4 Å². The molecule has 2 saturated heterocycles. The zero-order valence-corrected chi connectivity index (χ0v) is 11.9. The molecule has 104 valence electrons. The normalized spacial score (nSPS) is 22.5. The van der Waals surface area contributed by atoms with Crippen LogP contribution >= 0.6 is 0 Å². The molecule has 0 aliphatic carbocycles. The molecule has 3 rings (SSSR count). The quantitative estimate of drug-likeness (QED) is 0.899. The van der Waals surface area contributed by atoms with Gasteiger partial charge in [0.05, 0.1) is 0 Å². The van der Waals surface area contributed by atoms with Crippen molar-refractivity contribution in [1.82, 2.24) is 4.90 Å². The largest absolute Gasteiger partial charge is 0.371 e. The van der Waals surface area contributed by atoms with Gasteiger partial charge in [-0.2, -0.15) is 0 Å². The molecule has 0 radical (unpaired) electrons. The van der Waals surface area contributed by atoms with Crippen molar-refractivity contribution < 1.29 is 0 Å². The highest BCUT2D eigenvalue weighted by Gasteiger charge is 2.44. The number of hydrogen-bond donors (Lipinski definition) is 1. The van der Waals surface area contributed by atoms with E-state index in [1.807, 2.05) is 0 Å². The minimum absolute atomic E-state index is 0.608. The zero-order valence-electron chi connectivity index (χ0n) is 11.9. The highest BCUT2D eigenvalue weighted by atomic mass is 15.2. The Morgan fingerprint density at radius 1 is 1.11 bits per heavy atom. The number of nitrogens with two attached hydrogens (primary N) is 1. The second-order valence-corrected chi connectivity index (χ2v) is 6.32. The summed E-state index contributed by atoms with van der Waals surface area (Å²) in [5, 5.41) is 0. The third-order valence-electron chi connectivity index (χ3n) is 4.79. The van der Waals surface area contributed by atoms with Crippen molar-refractivity contribution in [3.63, 3.8) is 0 Å². The van der Waals surface area contributed by atoms with E-state index >= 15 is 0 Å². The molecular formula is C16H25N3. The molecule has 2 heterocycles. The average Bonchev–Trinajstić information content (AvgIpc) is 2.39. The fourth-order valence-electron chi connectivity index (χ4n) is 3.55. The lowest BCUT2D eigenvalue weighted by Gasteiger charge is -2.54. The van der Waals surface area contributed by atoms with E-state index in [0.29, 0.717) is 5.41 Å². The average molecular weight is 259 g/mol. The molecule has 1 aromatic rings. The van der Waals surface area contributed by atoms with Gasteiger partial charge in [-0.05, 0) is 37.3 Å². The second-order valence-electron chi connectivity index (χ2n) is 6.32. The molecule has 19 heavy (non-hydrogen) atoms. The van der Waals surface area contributed by atoms with Gasteiger partial charge >= 0.3 is 0 Å². The Bertz CT molecular complexity index is 410. The summed E-state index contributed by atoms with van der Waals surface area (Å²) in [6.07, 6.45) is 2.67. The first-order valence-corrected chi connectivity index (χ1v) is 7.45. The number of anilines is 1. The number of hydrogen-bond acceptors (Lipinski definition) is 3. The molecule has 2 aliphatic rings. The molecule has 0 atom stereocenters. The lowest BCUT2D eigenvalue weighted by molar-refractivity contribution is -0.0158. The first kappa shape index (κ1) is 12.9. The van der Waals surface area contributed by atoms with Crippen molar-refractivity contribution in [2.24, 2.45) is 11.1 Å². The number of likely N-dealkylation sites (tertiary alicyclic amines) is 1. The van der Waals surface area contributed by atoms with E-state index in [1.165, 1.54) is 50.3 Å². The molecule has 2 fully saturated rings. The Morgan fingerprint density at radius 2 is 1.74 bits per heavy atom. The molecule has 0 saturated carbocycles. The maximum absolute atomic E-state index is 5.62. The van der Waals surface area contributed by atoms with E-state index in [-0.39, 0.29) is 0 Å². The highest BCUT2D eigenvalue weighted by molar-refractivity contribution is 5.48. The van der Waals surface area contributed by atoms with Crippen LogP contribution in [0.25, 0.3) is 0 Å². The minimum atomic E-state index is 0.608. The number of piperidine rings is 1. The molecule has 0 aromatic heterocycles. The van der Waals surface area contributed by atoms with Crippen LogP contribution < -0.4 is 10.6 Å². The predicted octanol–water partition coefficient (Wildman–Crippen LogP) is 1.86. The van der Waals surface area contributed by atoms with E-state index in [1.54, 1.807) is 0 Å². The summed E-state index contributed by atoms with van der Waals surface area (Å²) in [5.41, 5.74) is 8.95. The van der Waals surface area contributed by atoms with Gasteiger partial charge in [0.1, 0.15) is 0 Å². The minimum Gasteiger partial charge on any atom is -0.371 e. The van der Waals surface area contributed by atoms with Crippen LogP contribution in [0.3, 0.4) is 0 Å². The fourth-order valence-corrected chi connectivity index (χ4v) is 3.55. The topological polar surface area (TPSA) is 32.5 Å². The van der Waals surface area contributed by atoms with E-state index in [4.69, 9.17) is 5.73 Å². The molecule has 3 nitrogen and oxygen atoms in total. The van der Waals surface area contributed by atoms with Crippen molar-refractivity contribution in [2.75, 3.05) is 44.2 Å². The number of aryl methyl sites for hydroxylation is 1. The summed E-state index contributed by atoms with van der Waals surface area (Å²) in [5.74, 6) is 0. The Hall–Kier alpha value is -1.06. The lowest BCUT2D eigenvalue weighted by Crippen LogP contribution is -2.61. The molecular weight excluding hydrogens is 234 g/mol. The molecule has 0 bridgehead atoms. The van der Waals surface area contributed by atoms with Gasteiger partial charge in [0, 0.05) is 45.0 Å². The first-order valence-electron chi connectivity index (χ1n) is 7.45. The smallest absolute Gasteiger partial charge is 0.0366 e. The van der Waals surface area contributed by atoms with Gasteiger partial charge in [0.2, 0.25) is 0 Å². The first-order chi connectivity index (χ1) is 9.21. The van der Waals surface area contributed by atoms with Crippen molar-refractivity contribution in [3.05, 3.63) is 29.8 Å². The van der Waals surface area contributed by atoms with Crippen molar-refractivity contribution in [2.45, 2.75) is 19.8 Å². The van der Waals surface area contributed by atoms with Gasteiger partial charge in [0.25, 0.3) is 0 Å². The van der Waals surface area contributed by atoms with Gasteiger partial charge in [0.15, 0.2) is 0 Å². The Kier molecular flexibility index (Phi) is 3.50. The maximum atomic E-state index is 5.62. The summed E-state index contributed by atoms with van der Waals surface area (Å²) in [6, 6.07) is 8.95. The Balaban J connectivity index is 1.54. The van der Waals surface area contributed by atoms with Gasteiger partial charge in [-0.25, -0.2) is 0 Å². The molecule has 0 unspecified atom stereocenters.